The lowest BCUT2D eigenvalue weighted by Gasteiger charge is -2.65. The summed E-state index contributed by atoms with van der Waals surface area (Å²) in [7, 11) is 1.35. The molecule has 0 saturated heterocycles. The Morgan fingerprint density at radius 2 is 1.49 bits per heavy atom. The Labute approximate surface area is 510 Å². The van der Waals surface area contributed by atoms with Gasteiger partial charge in [0.2, 0.25) is 12.0 Å². The quantitative estimate of drug-likeness (QED) is 0.0140. The number of Topliss-reactive ketones (excluding diaryl/α,β-unsaturated/α-hetero) is 1. The number of aliphatic hydroxyl groups is 2. The zero-order chi connectivity index (χ0) is 65.7. The van der Waals surface area contributed by atoms with Crippen LogP contribution in [0, 0.1) is 22.7 Å². The molecular formula is C62H84N4O22. The fraction of sp³-hybridized carbons (Fsp3) is 0.597. The van der Waals surface area contributed by atoms with E-state index in [2.05, 4.69) is 26.0 Å². The van der Waals surface area contributed by atoms with Crippen LogP contribution in [-0.2, 0) is 71.5 Å². The van der Waals surface area contributed by atoms with Crippen LogP contribution in [-0.4, -0.2) is 160 Å². The number of hydrogen-bond acceptors (Lipinski definition) is 20. The number of aliphatic hydroxyl groups excluding tert-OH is 1. The Morgan fingerprint density at radius 1 is 0.852 bits per heavy atom. The zero-order valence-electron chi connectivity index (χ0n) is 51.5. The number of alkyl carbamates (subject to hydrolysis) is 1. The Morgan fingerprint density at radius 3 is 2.06 bits per heavy atom. The zero-order valence-corrected chi connectivity index (χ0v) is 51.5. The topological polar surface area (TPSA) is 381 Å². The monoisotopic (exact) mass is 1240 g/mol. The number of rotatable bonds is 27. The van der Waals surface area contributed by atoms with E-state index in [1.807, 2.05) is 0 Å². The van der Waals surface area contributed by atoms with Crippen LogP contribution < -0.4 is 21.3 Å². The number of carboxylic acid groups (broad SMARTS) is 2. The predicted octanol–water partition coefficient (Wildman–Crippen LogP) is 5.29. The minimum absolute atomic E-state index is 0.00186. The van der Waals surface area contributed by atoms with Gasteiger partial charge >= 0.3 is 47.9 Å². The van der Waals surface area contributed by atoms with Gasteiger partial charge in [0.1, 0.15) is 46.9 Å². The molecule has 2 saturated carbocycles. The summed E-state index contributed by atoms with van der Waals surface area (Å²) in [4.78, 5) is 146. The molecule has 0 aromatic heterocycles. The number of hydrogen-bond donors (Lipinski definition) is 8. The summed E-state index contributed by atoms with van der Waals surface area (Å²) in [6, 6.07) is 11.6. The second-order valence-corrected chi connectivity index (χ2v) is 24.1. The number of ether oxygens (including phenoxy) is 7. The molecule has 0 radical (unpaired) electrons. The maximum absolute atomic E-state index is 15.9. The maximum Gasteiger partial charge on any atom is 0.408 e. The first kappa shape index (κ1) is 70.8. The Bertz CT molecular complexity index is 2910. The van der Waals surface area contributed by atoms with Crippen LogP contribution in [0.25, 0.3) is 0 Å². The van der Waals surface area contributed by atoms with Gasteiger partial charge in [0.05, 0.1) is 41.9 Å². The van der Waals surface area contributed by atoms with Crippen LogP contribution >= 0.6 is 0 Å². The number of urea groups is 1. The second kappa shape index (κ2) is 29.8. The molecule has 2 aromatic rings. The number of methoxy groups -OCH3 is 1. The van der Waals surface area contributed by atoms with E-state index in [0.29, 0.717) is 0 Å². The minimum atomic E-state index is -2.41. The van der Waals surface area contributed by atoms with Gasteiger partial charge in [-0.05, 0) is 89.1 Å². The summed E-state index contributed by atoms with van der Waals surface area (Å²) in [5.41, 5.74) is -8.04. The first-order valence-corrected chi connectivity index (χ1v) is 29.2. The summed E-state index contributed by atoms with van der Waals surface area (Å²) in [5, 5.41) is 54.6. The standard InChI is InChI=1S/C62H84N4O22/c1-12-61(87-36(4)68)41(69)31-42(82-11)60(10)50(61)52(86-54(77)38-23-17-14-18-24-38)62(81)32-40(34(2)47(59(62,8)9)35(3)51(60)74)84-55(78)49(48(37-21-15-13-16-22-37)66-57(80)88-58(5,6)7)85-46(73)29-26-43(70)63-30-20-19-25-39(53(75)76)64-56(79)65-44(83-33-67)27-28-45(71)72/h13-18,21-24,33,35,39-42,44,48-50,52,69,81H,12,19-20,25-32H2,1-11H3,(H,63,70)(H,66,80)(H,71,72)(H,75,76)(H2,64,65,79)/t35-,39+,40+,41-,42+,44-,48+,49-,50+,52+,60-,61+,62-/m1/s1. The van der Waals surface area contributed by atoms with Gasteiger partial charge < -0.3 is 74.9 Å². The van der Waals surface area contributed by atoms with E-state index >= 15 is 9.59 Å². The molecule has 13 atom stereocenters. The molecule has 4 amide bonds. The average molecular weight is 1240 g/mol. The summed E-state index contributed by atoms with van der Waals surface area (Å²) in [6.07, 6.45) is -13.2. The molecule has 26 heteroatoms. The second-order valence-electron chi connectivity index (χ2n) is 24.1. The molecule has 2 bridgehead atoms. The first-order chi connectivity index (χ1) is 41.2. The Kier molecular flexibility index (Phi) is 24.0. The molecule has 26 nitrogen and oxygen atoms in total. The molecule has 0 aliphatic heterocycles. The third-order valence-corrected chi connectivity index (χ3v) is 17.0. The van der Waals surface area contributed by atoms with Crippen LogP contribution in [0.2, 0.25) is 0 Å². The Balaban J connectivity index is 1.50. The molecule has 0 heterocycles. The predicted molar refractivity (Wildman–Crippen MR) is 309 cm³/mol. The molecular weight excluding hydrogens is 1150 g/mol. The van der Waals surface area contributed by atoms with Gasteiger partial charge in [-0.15, -0.1) is 0 Å². The molecule has 8 N–H and O–H groups in total. The summed E-state index contributed by atoms with van der Waals surface area (Å²) < 4.78 is 41.4. The molecule has 2 fully saturated rings. The molecule has 5 rings (SSSR count). The van der Waals surface area contributed by atoms with E-state index in [0.717, 1.165) is 6.92 Å². The molecule has 0 spiro atoms. The number of esters is 4. The van der Waals surface area contributed by atoms with Crippen molar-refractivity contribution >= 4 is 66.1 Å². The van der Waals surface area contributed by atoms with Crippen LogP contribution in [0.5, 0.6) is 0 Å². The SMILES string of the molecule is CC[C@]1(OC(C)=O)[C@H](O)C[C@H](OC)[C@@]2(C)C(=O)[C@H](C)C3=C(C)[C@@H](OC(=O)[C@H](OC(=O)CCC(=O)NCCCC[C@H](NC(=O)N[C@@H](CCC(=O)O)OC=O)C(=O)O)[C@@H](NC(=O)OC(C)(C)C)c4ccccc4)C[C@@](O)([C@@H](OC(=O)c4ccccc4)[C@H]12)C3(C)C. The van der Waals surface area contributed by atoms with Crippen molar-refractivity contribution in [3.05, 3.63) is 82.9 Å². The number of nitrogens with one attached hydrogen (secondary N) is 4. The van der Waals surface area contributed by atoms with Crippen molar-refractivity contribution in [3.8, 4) is 0 Å². The molecule has 2 aromatic carbocycles. The van der Waals surface area contributed by atoms with Crippen LogP contribution in [0.3, 0.4) is 0 Å². The number of ketones is 1. The minimum Gasteiger partial charge on any atom is -0.481 e. The van der Waals surface area contributed by atoms with Gasteiger partial charge in [0.15, 0.2) is 6.23 Å². The van der Waals surface area contributed by atoms with Gasteiger partial charge in [-0.3, -0.25) is 28.8 Å². The van der Waals surface area contributed by atoms with E-state index in [4.69, 9.17) is 33.5 Å². The highest BCUT2D eigenvalue weighted by atomic mass is 16.6. The average Bonchev–Trinajstić information content (AvgIpc) is 0.760. The van der Waals surface area contributed by atoms with Crippen molar-refractivity contribution < 1.29 is 106 Å². The Hall–Kier alpha value is -7.97. The lowest BCUT2D eigenvalue weighted by molar-refractivity contribution is -0.285. The van der Waals surface area contributed by atoms with E-state index in [9.17, 15) is 58.5 Å². The highest BCUT2D eigenvalue weighted by molar-refractivity contribution is 5.93. The fourth-order valence-electron chi connectivity index (χ4n) is 12.8. The molecule has 3 aliphatic rings. The maximum atomic E-state index is 15.9. The third-order valence-electron chi connectivity index (χ3n) is 17.0. The highest BCUT2D eigenvalue weighted by Crippen LogP contribution is 2.64. The number of benzene rings is 2. The van der Waals surface area contributed by atoms with E-state index in [1.54, 1.807) is 98.7 Å². The lowest BCUT2D eigenvalue weighted by atomic mass is 9.44. The number of aliphatic carboxylic acids is 2. The normalized spacial score (nSPS) is 26.0. The molecule has 3 aliphatic carbocycles. The summed E-state index contributed by atoms with van der Waals surface area (Å²) >= 11 is 0. The number of carbonyl (C=O) groups excluding carboxylic acids is 9. The van der Waals surface area contributed by atoms with Crippen molar-refractivity contribution in [1.82, 2.24) is 21.3 Å². The molecule has 484 valence electrons. The van der Waals surface area contributed by atoms with Crippen molar-refractivity contribution in [3.63, 3.8) is 0 Å². The van der Waals surface area contributed by atoms with Gasteiger partial charge in [-0.2, -0.15) is 0 Å². The van der Waals surface area contributed by atoms with Crippen LogP contribution in [0.15, 0.2) is 71.8 Å². The van der Waals surface area contributed by atoms with Gasteiger partial charge in [-0.1, -0.05) is 76.2 Å². The fourth-order valence-corrected chi connectivity index (χ4v) is 12.8. The van der Waals surface area contributed by atoms with Gasteiger partial charge in [-0.25, -0.2) is 24.0 Å². The van der Waals surface area contributed by atoms with E-state index < -0.39 is 174 Å². The van der Waals surface area contributed by atoms with Gasteiger partial charge in [0.25, 0.3) is 6.47 Å². The molecule has 88 heavy (non-hydrogen) atoms. The van der Waals surface area contributed by atoms with Crippen molar-refractivity contribution in [2.24, 2.45) is 22.7 Å². The lowest BCUT2D eigenvalue weighted by Crippen LogP contribution is -2.77. The van der Waals surface area contributed by atoms with E-state index in [-0.39, 0.29) is 73.8 Å². The third kappa shape index (κ3) is 16.4. The van der Waals surface area contributed by atoms with Crippen molar-refractivity contribution in [2.75, 3.05) is 13.7 Å². The van der Waals surface area contributed by atoms with E-state index in [1.165, 1.54) is 31.4 Å². The summed E-state index contributed by atoms with van der Waals surface area (Å²) in [5.74, 6) is -10.7. The number of carbonyl (C=O) groups is 11. The number of unbranched alkanes of at least 4 members (excludes halogenated alkanes) is 1. The largest absolute Gasteiger partial charge is 0.481 e. The number of carboxylic acids is 2. The highest BCUT2D eigenvalue weighted by Gasteiger charge is 2.75. The number of amides is 4. The van der Waals surface area contributed by atoms with Gasteiger partial charge in [0, 0.05) is 57.6 Å². The summed E-state index contributed by atoms with van der Waals surface area (Å²) in [6.45, 7) is 15.6. The van der Waals surface area contributed by atoms with Crippen molar-refractivity contribution in [1.29, 1.82) is 0 Å². The smallest absolute Gasteiger partial charge is 0.408 e. The first-order valence-electron chi connectivity index (χ1n) is 29.2. The van der Waals surface area contributed by atoms with Crippen LogP contribution in [0.1, 0.15) is 155 Å². The van der Waals surface area contributed by atoms with Crippen molar-refractivity contribution in [2.45, 2.75) is 199 Å². The molecule has 0 unspecified atom stereocenters. The number of fused-ring (bicyclic) bond motifs is 3. The van der Waals surface area contributed by atoms with Crippen LogP contribution in [0.4, 0.5) is 9.59 Å².